The second-order valence-electron chi connectivity index (χ2n) is 2.34. The third-order valence-corrected chi connectivity index (χ3v) is 1.45. The molecule has 74 valence electrons. The van der Waals surface area contributed by atoms with Gasteiger partial charge in [-0.15, -0.1) is 12.4 Å². The summed E-state index contributed by atoms with van der Waals surface area (Å²) >= 11 is 0. The highest BCUT2D eigenvalue weighted by Gasteiger charge is 1.92. The van der Waals surface area contributed by atoms with E-state index >= 15 is 0 Å². The Morgan fingerprint density at radius 1 is 0.846 bits per heavy atom. The first-order chi connectivity index (χ1) is 5.86. The fourth-order valence-electron chi connectivity index (χ4n) is 0.965. The first kappa shape index (κ1) is 12.1. The largest absolute Gasteiger partial charge is 0.494 e. The standard InChI is InChI=1S/C10H14O2.ClH/c1-3-11-9-5-7-10(8-6-9)12-4-2;/h5-8H,3-4H2,1-2H3;1H. The second-order valence-corrected chi connectivity index (χ2v) is 2.34. The predicted molar refractivity (Wildman–Crippen MR) is 56.0 cm³/mol. The lowest BCUT2D eigenvalue weighted by Gasteiger charge is -2.04. The quantitative estimate of drug-likeness (QED) is 0.748. The van der Waals surface area contributed by atoms with Crippen LogP contribution in [0.4, 0.5) is 0 Å². The molecule has 0 radical (unpaired) electrons. The van der Waals surface area contributed by atoms with E-state index < -0.39 is 0 Å². The Morgan fingerprint density at radius 2 is 1.15 bits per heavy atom. The first-order valence-electron chi connectivity index (χ1n) is 4.22. The van der Waals surface area contributed by atoms with Crippen molar-refractivity contribution in [3.8, 4) is 11.5 Å². The summed E-state index contributed by atoms with van der Waals surface area (Å²) in [6, 6.07) is 7.64. The molecule has 13 heavy (non-hydrogen) atoms. The molecule has 0 spiro atoms. The van der Waals surface area contributed by atoms with Crippen molar-refractivity contribution < 1.29 is 9.47 Å². The number of rotatable bonds is 4. The van der Waals surface area contributed by atoms with Crippen LogP contribution in [0.5, 0.6) is 11.5 Å². The van der Waals surface area contributed by atoms with Crippen LogP contribution in [0.25, 0.3) is 0 Å². The van der Waals surface area contributed by atoms with Crippen molar-refractivity contribution in [1.82, 2.24) is 0 Å². The van der Waals surface area contributed by atoms with Gasteiger partial charge in [-0.2, -0.15) is 0 Å². The number of hydrogen-bond donors (Lipinski definition) is 0. The lowest BCUT2D eigenvalue weighted by atomic mass is 10.3. The molecule has 0 N–H and O–H groups in total. The van der Waals surface area contributed by atoms with E-state index in [4.69, 9.17) is 9.47 Å². The smallest absolute Gasteiger partial charge is 0.119 e. The van der Waals surface area contributed by atoms with Crippen LogP contribution in [0.3, 0.4) is 0 Å². The molecule has 0 atom stereocenters. The molecule has 0 aliphatic rings. The van der Waals surface area contributed by atoms with E-state index in [2.05, 4.69) is 0 Å². The summed E-state index contributed by atoms with van der Waals surface area (Å²) in [5, 5.41) is 0. The number of ether oxygens (including phenoxy) is 2. The van der Waals surface area contributed by atoms with Crippen molar-refractivity contribution in [3.63, 3.8) is 0 Å². The van der Waals surface area contributed by atoms with Gasteiger partial charge in [-0.25, -0.2) is 0 Å². The molecule has 1 aromatic carbocycles. The molecular weight excluding hydrogens is 188 g/mol. The highest BCUT2D eigenvalue weighted by atomic mass is 35.5. The van der Waals surface area contributed by atoms with Gasteiger partial charge >= 0.3 is 0 Å². The summed E-state index contributed by atoms with van der Waals surface area (Å²) in [4.78, 5) is 0. The minimum absolute atomic E-state index is 0. The van der Waals surface area contributed by atoms with Crippen LogP contribution < -0.4 is 9.47 Å². The molecule has 0 amide bonds. The third kappa shape index (κ3) is 4.04. The highest BCUT2D eigenvalue weighted by Crippen LogP contribution is 2.17. The molecule has 0 aromatic heterocycles. The van der Waals surface area contributed by atoms with Crippen molar-refractivity contribution in [2.75, 3.05) is 13.2 Å². The van der Waals surface area contributed by atoms with Gasteiger partial charge < -0.3 is 9.47 Å². The molecule has 0 saturated heterocycles. The molecule has 3 heteroatoms. The molecule has 0 fully saturated rings. The molecule has 0 unspecified atom stereocenters. The van der Waals surface area contributed by atoms with Crippen molar-refractivity contribution in [2.24, 2.45) is 0 Å². The molecule has 0 aliphatic heterocycles. The van der Waals surface area contributed by atoms with Gasteiger partial charge in [-0.3, -0.25) is 0 Å². The van der Waals surface area contributed by atoms with E-state index in [1.54, 1.807) is 0 Å². The normalized spacial score (nSPS) is 8.77. The average Bonchev–Trinajstić information content (AvgIpc) is 2.09. The van der Waals surface area contributed by atoms with Gasteiger partial charge in [0.1, 0.15) is 11.5 Å². The summed E-state index contributed by atoms with van der Waals surface area (Å²) in [6.45, 7) is 5.34. The van der Waals surface area contributed by atoms with E-state index in [1.165, 1.54) is 0 Å². The maximum Gasteiger partial charge on any atom is 0.119 e. The van der Waals surface area contributed by atoms with Crippen molar-refractivity contribution in [3.05, 3.63) is 24.3 Å². The maximum atomic E-state index is 5.28. The minimum Gasteiger partial charge on any atom is -0.494 e. The number of benzene rings is 1. The number of hydrogen-bond acceptors (Lipinski definition) is 2. The Morgan fingerprint density at radius 3 is 1.38 bits per heavy atom. The average molecular weight is 203 g/mol. The Labute approximate surface area is 85.3 Å². The molecule has 1 rings (SSSR count). The molecule has 1 aromatic rings. The van der Waals surface area contributed by atoms with E-state index in [1.807, 2.05) is 38.1 Å². The van der Waals surface area contributed by atoms with Crippen LogP contribution in [0.2, 0.25) is 0 Å². The van der Waals surface area contributed by atoms with Crippen molar-refractivity contribution in [2.45, 2.75) is 13.8 Å². The Kier molecular flexibility index (Phi) is 6.15. The predicted octanol–water partition coefficient (Wildman–Crippen LogP) is 2.91. The third-order valence-electron chi connectivity index (χ3n) is 1.45. The lowest BCUT2D eigenvalue weighted by Crippen LogP contribution is -1.93. The van der Waals surface area contributed by atoms with Crippen LogP contribution in [0.1, 0.15) is 13.8 Å². The van der Waals surface area contributed by atoms with Crippen LogP contribution in [-0.2, 0) is 0 Å². The molecule has 0 saturated carbocycles. The van der Waals surface area contributed by atoms with E-state index in [0.717, 1.165) is 11.5 Å². The van der Waals surface area contributed by atoms with Gasteiger partial charge in [0.25, 0.3) is 0 Å². The molecule has 0 aliphatic carbocycles. The van der Waals surface area contributed by atoms with Crippen LogP contribution >= 0.6 is 12.4 Å². The van der Waals surface area contributed by atoms with Crippen molar-refractivity contribution >= 4 is 12.4 Å². The second kappa shape index (κ2) is 6.61. The zero-order chi connectivity index (χ0) is 8.81. The first-order valence-corrected chi connectivity index (χ1v) is 4.22. The van der Waals surface area contributed by atoms with Crippen LogP contribution in [0.15, 0.2) is 24.3 Å². The van der Waals surface area contributed by atoms with Crippen molar-refractivity contribution in [1.29, 1.82) is 0 Å². The molecule has 2 nitrogen and oxygen atoms in total. The van der Waals surface area contributed by atoms with Crippen LogP contribution in [0, 0.1) is 0 Å². The van der Waals surface area contributed by atoms with Gasteiger partial charge in [0.05, 0.1) is 13.2 Å². The van der Waals surface area contributed by atoms with Gasteiger partial charge in [0, 0.05) is 0 Å². The SMILES string of the molecule is CCOc1ccc(OCC)cc1.Cl. The lowest BCUT2D eigenvalue weighted by molar-refractivity contribution is 0.330. The zero-order valence-corrected chi connectivity index (χ0v) is 8.76. The topological polar surface area (TPSA) is 18.5 Å². The molecular formula is C10H15ClO2. The Balaban J connectivity index is 0.00000144. The summed E-state index contributed by atoms with van der Waals surface area (Å²) in [6.07, 6.45) is 0. The fraction of sp³-hybridized carbons (Fsp3) is 0.400. The van der Waals surface area contributed by atoms with E-state index in [0.29, 0.717) is 13.2 Å². The summed E-state index contributed by atoms with van der Waals surface area (Å²) in [7, 11) is 0. The molecule has 0 heterocycles. The van der Waals surface area contributed by atoms with E-state index in [-0.39, 0.29) is 12.4 Å². The fourth-order valence-corrected chi connectivity index (χ4v) is 0.965. The monoisotopic (exact) mass is 202 g/mol. The Bertz CT molecular complexity index is 196. The zero-order valence-electron chi connectivity index (χ0n) is 7.95. The minimum atomic E-state index is 0. The van der Waals surface area contributed by atoms with E-state index in [9.17, 15) is 0 Å². The van der Waals surface area contributed by atoms with Gasteiger partial charge in [-0.1, -0.05) is 0 Å². The maximum absolute atomic E-state index is 5.28. The van der Waals surface area contributed by atoms with Gasteiger partial charge in [0.2, 0.25) is 0 Å². The number of halogens is 1. The Hall–Kier alpha value is -0.890. The summed E-state index contributed by atoms with van der Waals surface area (Å²) in [5.41, 5.74) is 0. The van der Waals surface area contributed by atoms with Crippen LogP contribution in [-0.4, -0.2) is 13.2 Å². The van der Waals surface area contributed by atoms with Gasteiger partial charge in [0.15, 0.2) is 0 Å². The van der Waals surface area contributed by atoms with Gasteiger partial charge in [-0.05, 0) is 38.1 Å². The summed E-state index contributed by atoms with van der Waals surface area (Å²) in [5.74, 6) is 1.78. The highest BCUT2D eigenvalue weighted by molar-refractivity contribution is 5.85. The molecule has 0 bridgehead atoms. The summed E-state index contributed by atoms with van der Waals surface area (Å²) < 4.78 is 10.6.